The van der Waals surface area contributed by atoms with Crippen molar-refractivity contribution in [2.75, 3.05) is 26.2 Å². The van der Waals surface area contributed by atoms with Gasteiger partial charge in [-0.1, -0.05) is 31.4 Å². The summed E-state index contributed by atoms with van der Waals surface area (Å²) in [5.74, 6) is 1.76. The third-order valence-electron chi connectivity index (χ3n) is 4.39. The molecule has 2 nitrogen and oxygen atoms in total. The Hall–Kier alpha value is -0.730. The standard InChI is InChI=1S/C18H28ClNO/c1-2-3-4-12-20-13-9-16(10-14-20)11-15-21-18-7-5-17(19)6-8-18/h5-8,16H,2-4,9-15H2,1H3. The van der Waals surface area contributed by atoms with E-state index in [2.05, 4.69) is 11.8 Å². The first-order valence-electron chi connectivity index (χ1n) is 8.38. The van der Waals surface area contributed by atoms with Crippen LogP contribution in [-0.2, 0) is 0 Å². The number of piperidine rings is 1. The van der Waals surface area contributed by atoms with Gasteiger partial charge in [-0.05, 0) is 75.5 Å². The fraction of sp³-hybridized carbons (Fsp3) is 0.667. The van der Waals surface area contributed by atoms with Crippen molar-refractivity contribution in [3.05, 3.63) is 29.3 Å². The second-order valence-electron chi connectivity index (χ2n) is 6.08. The van der Waals surface area contributed by atoms with Crippen LogP contribution >= 0.6 is 11.6 Å². The van der Waals surface area contributed by atoms with Crippen LogP contribution in [0, 0.1) is 5.92 Å². The summed E-state index contributed by atoms with van der Waals surface area (Å²) in [5, 5.41) is 0.762. The number of hydrogen-bond acceptors (Lipinski definition) is 2. The first-order valence-corrected chi connectivity index (χ1v) is 8.76. The molecule has 0 saturated carbocycles. The van der Waals surface area contributed by atoms with Gasteiger partial charge in [0.2, 0.25) is 0 Å². The van der Waals surface area contributed by atoms with Crippen LogP contribution in [0.4, 0.5) is 0 Å². The molecule has 0 aliphatic carbocycles. The predicted octanol–water partition coefficient (Wildman–Crippen LogP) is 5.01. The van der Waals surface area contributed by atoms with E-state index in [0.717, 1.165) is 23.3 Å². The van der Waals surface area contributed by atoms with Crippen LogP contribution in [0.15, 0.2) is 24.3 Å². The molecular weight excluding hydrogens is 282 g/mol. The molecule has 3 heteroatoms. The normalized spacial score (nSPS) is 17.0. The molecule has 1 aliphatic heterocycles. The number of halogens is 1. The number of unbranched alkanes of at least 4 members (excludes halogenated alkanes) is 2. The minimum Gasteiger partial charge on any atom is -0.494 e. The van der Waals surface area contributed by atoms with E-state index in [1.807, 2.05) is 24.3 Å². The van der Waals surface area contributed by atoms with E-state index < -0.39 is 0 Å². The molecule has 1 fully saturated rings. The Balaban J connectivity index is 1.57. The van der Waals surface area contributed by atoms with Crippen LogP contribution in [0.5, 0.6) is 5.75 Å². The van der Waals surface area contributed by atoms with Crippen molar-refractivity contribution in [3.63, 3.8) is 0 Å². The third-order valence-corrected chi connectivity index (χ3v) is 4.65. The Bertz CT molecular complexity index is 385. The molecule has 0 aromatic heterocycles. The molecule has 1 heterocycles. The van der Waals surface area contributed by atoms with Gasteiger partial charge in [0.25, 0.3) is 0 Å². The fourth-order valence-corrected chi connectivity index (χ4v) is 3.08. The molecule has 0 radical (unpaired) electrons. The molecule has 1 aliphatic rings. The maximum absolute atomic E-state index is 5.87. The van der Waals surface area contributed by atoms with Crippen molar-refractivity contribution in [1.82, 2.24) is 4.90 Å². The van der Waals surface area contributed by atoms with E-state index in [1.54, 1.807) is 0 Å². The topological polar surface area (TPSA) is 12.5 Å². The maximum Gasteiger partial charge on any atom is 0.119 e. The fourth-order valence-electron chi connectivity index (χ4n) is 2.96. The summed E-state index contributed by atoms with van der Waals surface area (Å²) in [6.07, 6.45) is 7.88. The Morgan fingerprint density at radius 2 is 1.86 bits per heavy atom. The van der Waals surface area contributed by atoms with Crippen LogP contribution in [-0.4, -0.2) is 31.1 Å². The van der Waals surface area contributed by atoms with Crippen molar-refractivity contribution < 1.29 is 4.74 Å². The molecule has 0 bridgehead atoms. The highest BCUT2D eigenvalue weighted by molar-refractivity contribution is 6.30. The lowest BCUT2D eigenvalue weighted by molar-refractivity contribution is 0.161. The summed E-state index contributed by atoms with van der Waals surface area (Å²) in [7, 11) is 0. The summed E-state index contributed by atoms with van der Waals surface area (Å²) < 4.78 is 5.80. The lowest BCUT2D eigenvalue weighted by Gasteiger charge is -2.31. The molecule has 0 amide bonds. The number of ether oxygens (including phenoxy) is 1. The second-order valence-corrected chi connectivity index (χ2v) is 6.52. The van der Waals surface area contributed by atoms with Crippen LogP contribution in [0.25, 0.3) is 0 Å². The number of nitrogens with zero attached hydrogens (tertiary/aromatic N) is 1. The first kappa shape index (κ1) is 16.6. The van der Waals surface area contributed by atoms with Crippen molar-refractivity contribution in [1.29, 1.82) is 0 Å². The highest BCUT2D eigenvalue weighted by atomic mass is 35.5. The molecule has 0 unspecified atom stereocenters. The van der Waals surface area contributed by atoms with E-state index in [0.29, 0.717) is 0 Å². The van der Waals surface area contributed by atoms with Crippen molar-refractivity contribution in [2.45, 2.75) is 45.4 Å². The Morgan fingerprint density at radius 3 is 2.52 bits per heavy atom. The zero-order valence-corrected chi connectivity index (χ0v) is 13.9. The summed E-state index contributed by atoms with van der Waals surface area (Å²) in [5.41, 5.74) is 0. The molecule has 1 aromatic carbocycles. The van der Waals surface area contributed by atoms with E-state index in [1.165, 1.54) is 58.2 Å². The predicted molar refractivity (Wildman–Crippen MR) is 90.3 cm³/mol. The second kappa shape index (κ2) is 9.32. The Kier molecular flexibility index (Phi) is 7.38. The summed E-state index contributed by atoms with van der Waals surface area (Å²) in [4.78, 5) is 2.63. The molecule has 1 aromatic rings. The number of benzene rings is 1. The molecular formula is C18H28ClNO. The average Bonchev–Trinajstić information content (AvgIpc) is 2.51. The van der Waals surface area contributed by atoms with Gasteiger partial charge in [0.1, 0.15) is 5.75 Å². The Morgan fingerprint density at radius 1 is 1.14 bits per heavy atom. The average molecular weight is 310 g/mol. The molecule has 0 atom stereocenters. The lowest BCUT2D eigenvalue weighted by atomic mass is 9.94. The summed E-state index contributed by atoms with van der Waals surface area (Å²) in [6, 6.07) is 7.65. The first-order chi connectivity index (χ1) is 10.3. The van der Waals surface area contributed by atoms with E-state index in [-0.39, 0.29) is 0 Å². The van der Waals surface area contributed by atoms with Gasteiger partial charge in [0.15, 0.2) is 0 Å². The molecule has 118 valence electrons. The van der Waals surface area contributed by atoms with Gasteiger partial charge in [-0.2, -0.15) is 0 Å². The number of hydrogen-bond donors (Lipinski definition) is 0. The van der Waals surface area contributed by atoms with Gasteiger partial charge in [-0.3, -0.25) is 0 Å². The zero-order valence-electron chi connectivity index (χ0n) is 13.2. The highest BCUT2D eigenvalue weighted by Crippen LogP contribution is 2.22. The van der Waals surface area contributed by atoms with Gasteiger partial charge < -0.3 is 9.64 Å². The monoisotopic (exact) mass is 309 g/mol. The highest BCUT2D eigenvalue weighted by Gasteiger charge is 2.18. The Labute approximate surface area is 134 Å². The van der Waals surface area contributed by atoms with Gasteiger partial charge >= 0.3 is 0 Å². The summed E-state index contributed by atoms with van der Waals surface area (Å²) in [6.45, 7) is 6.93. The minimum absolute atomic E-state index is 0.762. The molecule has 1 saturated heterocycles. The van der Waals surface area contributed by atoms with Gasteiger partial charge in [0, 0.05) is 5.02 Å². The van der Waals surface area contributed by atoms with Crippen LogP contribution in [0.2, 0.25) is 5.02 Å². The maximum atomic E-state index is 5.87. The summed E-state index contributed by atoms with van der Waals surface area (Å²) >= 11 is 5.87. The number of rotatable bonds is 8. The van der Waals surface area contributed by atoms with Crippen molar-refractivity contribution in [3.8, 4) is 5.75 Å². The SMILES string of the molecule is CCCCCN1CCC(CCOc2ccc(Cl)cc2)CC1. The van der Waals surface area contributed by atoms with Crippen LogP contribution in [0.1, 0.15) is 45.4 Å². The third kappa shape index (κ3) is 6.27. The van der Waals surface area contributed by atoms with Crippen molar-refractivity contribution >= 4 is 11.6 Å². The smallest absolute Gasteiger partial charge is 0.119 e. The van der Waals surface area contributed by atoms with Gasteiger partial charge in [-0.25, -0.2) is 0 Å². The molecule has 21 heavy (non-hydrogen) atoms. The van der Waals surface area contributed by atoms with Crippen LogP contribution in [0.3, 0.4) is 0 Å². The van der Waals surface area contributed by atoms with Crippen LogP contribution < -0.4 is 4.74 Å². The number of likely N-dealkylation sites (tertiary alicyclic amines) is 1. The molecule has 2 rings (SSSR count). The van der Waals surface area contributed by atoms with E-state index in [9.17, 15) is 0 Å². The van der Waals surface area contributed by atoms with Gasteiger partial charge in [0.05, 0.1) is 6.61 Å². The van der Waals surface area contributed by atoms with Crippen molar-refractivity contribution in [2.24, 2.45) is 5.92 Å². The molecule has 0 spiro atoms. The quantitative estimate of drug-likeness (QED) is 0.626. The molecule has 0 N–H and O–H groups in total. The van der Waals surface area contributed by atoms with E-state index >= 15 is 0 Å². The minimum atomic E-state index is 0.762. The van der Waals surface area contributed by atoms with Gasteiger partial charge in [-0.15, -0.1) is 0 Å². The zero-order chi connectivity index (χ0) is 14.9. The van der Waals surface area contributed by atoms with E-state index in [4.69, 9.17) is 16.3 Å². The lowest BCUT2D eigenvalue weighted by Crippen LogP contribution is -2.34. The largest absolute Gasteiger partial charge is 0.494 e.